The molecule has 8 nitrogen and oxygen atoms in total. The van der Waals surface area contributed by atoms with E-state index in [0.29, 0.717) is 0 Å². The summed E-state index contributed by atoms with van der Waals surface area (Å²) in [5.41, 5.74) is 4.86. The van der Waals surface area contributed by atoms with Gasteiger partial charge in [0.15, 0.2) is 0 Å². The summed E-state index contributed by atoms with van der Waals surface area (Å²) in [7, 11) is 0. The Morgan fingerprint density at radius 2 is 1.83 bits per heavy atom. The number of aliphatic carboxylic acids is 1. The van der Waals surface area contributed by atoms with Crippen LogP contribution < -0.4 is 16.4 Å². The lowest BCUT2D eigenvalue weighted by Gasteiger charge is -2.09. The van der Waals surface area contributed by atoms with E-state index in [-0.39, 0.29) is 31.7 Å². The fraction of sp³-hybridized carbons (Fsp3) is 0.600. The molecule has 1 unspecified atom stereocenters. The first-order chi connectivity index (χ1) is 8.31. The van der Waals surface area contributed by atoms with Gasteiger partial charge in [-0.15, -0.1) is 0 Å². The molecule has 5 N–H and O–H groups in total. The summed E-state index contributed by atoms with van der Waals surface area (Å²) < 4.78 is 0. The third-order valence-corrected chi connectivity index (χ3v) is 1.97. The van der Waals surface area contributed by atoms with Crippen molar-refractivity contribution in [2.24, 2.45) is 11.7 Å². The zero-order valence-electron chi connectivity index (χ0n) is 10.1. The Labute approximate surface area is 104 Å². The molecule has 0 aromatic rings. The Morgan fingerprint density at radius 3 is 2.33 bits per heavy atom. The molecule has 102 valence electrons. The molecule has 1 atom stereocenters. The summed E-state index contributed by atoms with van der Waals surface area (Å²) in [6, 6.07) is -0.733. The van der Waals surface area contributed by atoms with Crippen molar-refractivity contribution in [3.63, 3.8) is 0 Å². The van der Waals surface area contributed by atoms with Crippen LogP contribution in [0.15, 0.2) is 0 Å². The van der Waals surface area contributed by atoms with Gasteiger partial charge in [0, 0.05) is 25.8 Å². The van der Waals surface area contributed by atoms with Crippen molar-refractivity contribution in [1.29, 1.82) is 0 Å². The van der Waals surface area contributed by atoms with Gasteiger partial charge in [-0.05, 0) is 5.92 Å². The second-order valence-corrected chi connectivity index (χ2v) is 3.93. The smallest absolute Gasteiger partial charge is 0.321 e. The lowest BCUT2D eigenvalue weighted by atomic mass is 10.0. The Hall–Kier alpha value is -2.12. The predicted octanol–water partition coefficient (Wildman–Crippen LogP) is -0.811. The van der Waals surface area contributed by atoms with Crippen molar-refractivity contribution in [3.05, 3.63) is 0 Å². The van der Waals surface area contributed by atoms with Crippen LogP contribution in [0, 0.1) is 5.92 Å². The first-order valence-electron chi connectivity index (χ1n) is 5.39. The Balaban J connectivity index is 3.83. The van der Waals surface area contributed by atoms with Gasteiger partial charge in [-0.3, -0.25) is 19.7 Å². The van der Waals surface area contributed by atoms with Gasteiger partial charge in [0.1, 0.15) is 0 Å². The van der Waals surface area contributed by atoms with E-state index in [2.05, 4.69) is 5.32 Å². The number of rotatable bonds is 7. The minimum Gasteiger partial charge on any atom is -0.481 e. The van der Waals surface area contributed by atoms with Gasteiger partial charge in [0.05, 0.1) is 0 Å². The molecule has 8 heteroatoms. The molecular formula is C10H17N3O5. The van der Waals surface area contributed by atoms with Crippen molar-refractivity contribution in [1.82, 2.24) is 10.6 Å². The molecule has 18 heavy (non-hydrogen) atoms. The third-order valence-electron chi connectivity index (χ3n) is 1.97. The molecule has 0 spiro atoms. The van der Waals surface area contributed by atoms with Crippen molar-refractivity contribution < 1.29 is 24.3 Å². The maximum atomic E-state index is 11.3. The van der Waals surface area contributed by atoms with Gasteiger partial charge in [0.25, 0.3) is 0 Å². The maximum Gasteiger partial charge on any atom is 0.321 e. The molecular weight excluding hydrogens is 242 g/mol. The van der Waals surface area contributed by atoms with E-state index < -0.39 is 23.8 Å². The molecule has 0 aliphatic rings. The number of urea groups is 1. The molecule has 0 saturated carbocycles. The minimum absolute atomic E-state index is 0.0168. The standard InChI is InChI=1S/C10H17N3O5/c1-6(5-9(16)17)4-8(15)13-10(18)12-3-2-7(11)14/h6H,2-5H2,1H3,(H2,11,14)(H,16,17)(H2,12,13,15,18). The number of carboxylic acids is 1. The SMILES string of the molecule is CC(CC(=O)O)CC(=O)NC(=O)NCCC(N)=O. The Morgan fingerprint density at radius 1 is 1.22 bits per heavy atom. The van der Waals surface area contributed by atoms with Crippen LogP contribution in [0.3, 0.4) is 0 Å². The van der Waals surface area contributed by atoms with E-state index in [1.807, 2.05) is 5.32 Å². The number of hydrogen-bond acceptors (Lipinski definition) is 4. The third kappa shape index (κ3) is 9.13. The summed E-state index contributed by atoms with van der Waals surface area (Å²) in [5.74, 6) is -2.49. The monoisotopic (exact) mass is 259 g/mol. The summed E-state index contributed by atoms with van der Waals surface area (Å²) in [5, 5.41) is 12.8. The lowest BCUT2D eigenvalue weighted by molar-refractivity contribution is -0.138. The van der Waals surface area contributed by atoms with Gasteiger partial charge < -0.3 is 16.2 Å². The zero-order chi connectivity index (χ0) is 14.1. The molecule has 0 fully saturated rings. The van der Waals surface area contributed by atoms with Crippen molar-refractivity contribution in [2.45, 2.75) is 26.2 Å². The highest BCUT2D eigenvalue weighted by atomic mass is 16.4. The summed E-state index contributed by atoms with van der Waals surface area (Å²) in [6.07, 6.45) is -0.219. The van der Waals surface area contributed by atoms with E-state index in [0.717, 1.165) is 0 Å². The minimum atomic E-state index is -0.999. The van der Waals surface area contributed by atoms with Crippen LogP contribution in [0.25, 0.3) is 0 Å². The zero-order valence-corrected chi connectivity index (χ0v) is 10.1. The topological polar surface area (TPSA) is 139 Å². The predicted molar refractivity (Wildman–Crippen MR) is 61.4 cm³/mol. The van der Waals surface area contributed by atoms with Crippen LogP contribution in [0.1, 0.15) is 26.2 Å². The van der Waals surface area contributed by atoms with Crippen LogP contribution in [0.5, 0.6) is 0 Å². The number of amides is 4. The fourth-order valence-corrected chi connectivity index (χ4v) is 1.21. The molecule has 0 rings (SSSR count). The Bertz CT molecular complexity index is 342. The molecule has 0 heterocycles. The van der Waals surface area contributed by atoms with Gasteiger partial charge in [0.2, 0.25) is 11.8 Å². The molecule has 0 saturated heterocycles. The summed E-state index contributed by atoms with van der Waals surface area (Å²) in [4.78, 5) is 43.2. The number of carboxylic acid groups (broad SMARTS) is 1. The number of nitrogens with two attached hydrogens (primary N) is 1. The number of imide groups is 1. The highest BCUT2D eigenvalue weighted by Gasteiger charge is 2.14. The fourth-order valence-electron chi connectivity index (χ4n) is 1.21. The van der Waals surface area contributed by atoms with Gasteiger partial charge in [-0.2, -0.15) is 0 Å². The average molecular weight is 259 g/mol. The van der Waals surface area contributed by atoms with E-state index in [9.17, 15) is 19.2 Å². The van der Waals surface area contributed by atoms with Crippen LogP contribution >= 0.6 is 0 Å². The average Bonchev–Trinajstić information content (AvgIpc) is 2.14. The van der Waals surface area contributed by atoms with Crippen LogP contribution in [0.4, 0.5) is 4.79 Å². The molecule has 0 aliphatic heterocycles. The van der Waals surface area contributed by atoms with Gasteiger partial charge >= 0.3 is 12.0 Å². The second-order valence-electron chi connectivity index (χ2n) is 3.93. The van der Waals surface area contributed by atoms with Gasteiger partial charge in [-0.1, -0.05) is 6.92 Å². The summed E-state index contributed by atoms with van der Waals surface area (Å²) >= 11 is 0. The first-order valence-corrected chi connectivity index (χ1v) is 5.39. The number of carbonyl (C=O) groups is 4. The van der Waals surface area contributed by atoms with E-state index in [1.165, 1.54) is 0 Å². The first kappa shape index (κ1) is 15.9. The highest BCUT2D eigenvalue weighted by molar-refractivity contribution is 5.94. The number of carbonyl (C=O) groups excluding carboxylic acids is 3. The van der Waals surface area contributed by atoms with E-state index in [4.69, 9.17) is 10.8 Å². The second kappa shape index (κ2) is 8.04. The van der Waals surface area contributed by atoms with Crippen molar-refractivity contribution >= 4 is 23.8 Å². The molecule has 0 aromatic heterocycles. The maximum absolute atomic E-state index is 11.3. The highest BCUT2D eigenvalue weighted by Crippen LogP contribution is 2.06. The van der Waals surface area contributed by atoms with Crippen LogP contribution in [-0.2, 0) is 14.4 Å². The number of primary amides is 1. The normalized spacial score (nSPS) is 11.4. The lowest BCUT2D eigenvalue weighted by Crippen LogP contribution is -2.41. The van der Waals surface area contributed by atoms with Crippen molar-refractivity contribution in [3.8, 4) is 0 Å². The molecule has 0 aliphatic carbocycles. The van der Waals surface area contributed by atoms with Crippen molar-refractivity contribution in [2.75, 3.05) is 6.54 Å². The quantitative estimate of drug-likeness (QED) is 0.473. The largest absolute Gasteiger partial charge is 0.481 e. The van der Waals surface area contributed by atoms with Crippen LogP contribution in [0.2, 0.25) is 0 Å². The molecule has 0 bridgehead atoms. The molecule has 0 radical (unpaired) electrons. The number of hydrogen-bond donors (Lipinski definition) is 4. The Kier molecular flexibility index (Phi) is 7.10. The van der Waals surface area contributed by atoms with E-state index in [1.54, 1.807) is 6.92 Å². The van der Waals surface area contributed by atoms with E-state index >= 15 is 0 Å². The summed E-state index contributed by atoms with van der Waals surface area (Å²) in [6.45, 7) is 1.64. The van der Waals surface area contributed by atoms with Crippen LogP contribution in [-0.4, -0.2) is 35.5 Å². The molecule has 0 aromatic carbocycles. The molecule has 4 amide bonds. The van der Waals surface area contributed by atoms with Gasteiger partial charge in [-0.25, -0.2) is 4.79 Å². The number of nitrogens with one attached hydrogen (secondary N) is 2.